The molecule has 0 aliphatic rings. The van der Waals surface area contributed by atoms with E-state index in [1.807, 2.05) is 13.8 Å². The molecule has 368 valence electrons. The monoisotopic (exact) mass is 953 g/mol. The van der Waals surface area contributed by atoms with E-state index in [0.29, 0.717) is 23.3 Å². The van der Waals surface area contributed by atoms with Crippen molar-refractivity contribution in [1.82, 2.24) is 35.8 Å². The molecule has 3 rings (SSSR count). The van der Waals surface area contributed by atoms with Gasteiger partial charge in [-0.15, -0.1) is 5.10 Å². The topological polar surface area (TPSA) is 202 Å². The van der Waals surface area contributed by atoms with Crippen LogP contribution in [0.1, 0.15) is 99.4 Å². The van der Waals surface area contributed by atoms with Gasteiger partial charge in [0.15, 0.2) is 0 Å². The van der Waals surface area contributed by atoms with Gasteiger partial charge in [0.1, 0.15) is 29.5 Å². The first-order chi connectivity index (χ1) is 30.8. The normalized spacial score (nSPS) is 14.6. The summed E-state index contributed by atoms with van der Waals surface area (Å²) < 4.78 is 88.3. The number of aromatic nitrogens is 3. The number of hydrogen-bond acceptors (Lipinski definition) is 12. The molecule has 0 bridgehead atoms. The Bertz CT molecular complexity index is 2090. The number of hydrogen-bond donors (Lipinski definition) is 3. The second-order valence-electron chi connectivity index (χ2n) is 17.7. The zero-order valence-corrected chi connectivity index (χ0v) is 40.9. The quantitative estimate of drug-likeness (QED) is 0.0772. The Morgan fingerprint density at radius 3 is 1.97 bits per heavy atom. The average Bonchev–Trinajstić information content (AvgIpc) is 3.68. The summed E-state index contributed by atoms with van der Waals surface area (Å²) in [5, 5.41) is 11.9. The largest absolute Gasteiger partial charge is 0.497 e. The van der Waals surface area contributed by atoms with Crippen molar-refractivity contribution in [1.29, 1.82) is 0 Å². The fraction of sp³-hybridized carbons (Fsp3) is 0.600. The minimum Gasteiger partial charge on any atom is -0.497 e. The van der Waals surface area contributed by atoms with Gasteiger partial charge in [-0.1, -0.05) is 81.8 Å². The van der Waals surface area contributed by atoms with Gasteiger partial charge in [-0.05, 0) is 83.6 Å². The number of alkyl carbamates (subject to hydrolysis) is 2. The number of alkyl halides is 3. The first kappa shape index (κ1) is 55.1. The first-order valence-corrected chi connectivity index (χ1v) is 23.4. The predicted octanol–water partition coefficient (Wildman–Crippen LogP) is 8.17. The summed E-state index contributed by atoms with van der Waals surface area (Å²) in [6, 6.07) is 13.4. The van der Waals surface area contributed by atoms with E-state index in [0.717, 1.165) is 0 Å². The molecule has 17 nitrogen and oxygen atoms in total. The number of ether oxygens (including phenoxy) is 3. The molecule has 1 aromatic heterocycles. The van der Waals surface area contributed by atoms with Gasteiger partial charge in [-0.2, -0.15) is 13.2 Å². The lowest BCUT2D eigenvalue weighted by Gasteiger charge is -2.41. The molecule has 21 heteroatoms. The van der Waals surface area contributed by atoms with Crippen LogP contribution in [0.3, 0.4) is 0 Å². The molecule has 0 aliphatic carbocycles. The predicted molar refractivity (Wildman–Crippen MR) is 240 cm³/mol. The molecule has 2 unspecified atom stereocenters. The number of methoxy groups -OCH3 is 1. The second kappa shape index (κ2) is 23.5. The van der Waals surface area contributed by atoms with Gasteiger partial charge in [-0.3, -0.25) is 24.2 Å². The molecule has 4 atom stereocenters. The molecule has 3 aromatic rings. The zero-order chi connectivity index (χ0) is 49.7. The van der Waals surface area contributed by atoms with Crippen LogP contribution in [0, 0.1) is 11.8 Å². The number of nitrogens with one attached hydrogen (secondary N) is 3. The lowest BCUT2D eigenvalue weighted by Crippen LogP contribution is -2.63. The van der Waals surface area contributed by atoms with E-state index < -0.39 is 98.4 Å². The number of amides is 4. The minimum absolute atomic E-state index is 0.0506. The fourth-order valence-electron chi connectivity index (χ4n) is 6.73. The number of carbonyl (C=O) groups excluding carboxylic acids is 4. The summed E-state index contributed by atoms with van der Waals surface area (Å²) in [6.07, 6.45) is -7.32. The van der Waals surface area contributed by atoms with E-state index in [1.165, 1.54) is 36.7 Å². The summed E-state index contributed by atoms with van der Waals surface area (Å²) in [5.74, 6) is -1.26. The van der Waals surface area contributed by atoms with E-state index in [-0.39, 0.29) is 24.7 Å². The highest BCUT2D eigenvalue weighted by atomic mass is 31.2. The van der Waals surface area contributed by atoms with E-state index in [4.69, 9.17) is 23.3 Å². The van der Waals surface area contributed by atoms with Gasteiger partial charge < -0.3 is 38.8 Å². The highest BCUT2D eigenvalue weighted by molar-refractivity contribution is 7.55. The molecule has 3 N–H and O–H groups in total. The van der Waals surface area contributed by atoms with Gasteiger partial charge >= 0.3 is 26.0 Å². The second-order valence-corrected chi connectivity index (χ2v) is 19.9. The smallest absolute Gasteiger partial charge is 0.423 e. The maximum atomic E-state index is 15.5. The number of nitrogens with zero attached hydrogens (tertiary/aromatic N) is 4. The van der Waals surface area contributed by atoms with E-state index in [9.17, 15) is 23.7 Å². The van der Waals surface area contributed by atoms with E-state index >= 15 is 13.2 Å². The van der Waals surface area contributed by atoms with Crippen molar-refractivity contribution in [3.05, 3.63) is 77.6 Å². The highest BCUT2D eigenvalue weighted by Gasteiger charge is 2.70. The molecule has 1 heterocycles. The Morgan fingerprint density at radius 1 is 0.848 bits per heavy atom. The van der Waals surface area contributed by atoms with E-state index in [1.54, 1.807) is 108 Å². The Balaban J connectivity index is 2.01. The van der Waals surface area contributed by atoms with Crippen LogP contribution < -0.4 is 20.7 Å². The van der Waals surface area contributed by atoms with Crippen LogP contribution in [0.5, 0.6) is 5.75 Å². The molecule has 66 heavy (non-hydrogen) atoms. The Kier molecular flexibility index (Phi) is 19.6. The van der Waals surface area contributed by atoms with Crippen molar-refractivity contribution < 1.29 is 60.2 Å². The SMILES string of the molecule is CCOP(=O)(OCC)C(Cc1cn(C[C@@H](NC(=O)C(C)(C)N(Cc2ccc(OC)cc2)C(=O)[C@@H](NC(=O)OC(C)(C)C)C(C)C)C(C)CC)nn1)(NC(=O)OCc1ccccc1)C(F)(F)F. The molecular weight excluding hydrogens is 887 g/mol. The molecule has 4 amide bonds. The van der Waals surface area contributed by atoms with Crippen molar-refractivity contribution in [2.75, 3.05) is 20.3 Å². The third-order valence-corrected chi connectivity index (χ3v) is 13.4. The summed E-state index contributed by atoms with van der Waals surface area (Å²) in [7, 11) is -3.77. The van der Waals surface area contributed by atoms with Gasteiger partial charge in [0.2, 0.25) is 17.1 Å². The summed E-state index contributed by atoms with van der Waals surface area (Å²) in [6.45, 7) is 16.7. The van der Waals surface area contributed by atoms with Gasteiger partial charge in [0.05, 0.1) is 38.6 Å². The zero-order valence-electron chi connectivity index (χ0n) is 40.0. The van der Waals surface area contributed by atoms with Crippen LogP contribution in [0.4, 0.5) is 22.8 Å². The van der Waals surface area contributed by atoms with Crippen LogP contribution in [-0.4, -0.2) is 98.9 Å². The van der Waals surface area contributed by atoms with E-state index in [2.05, 4.69) is 20.9 Å². The standard InChI is InChI=1S/C45H67F3N7O10P/c1-13-31(6)36(49-39(57)43(10,11)55(26-32-21-23-35(61-12)24-22-32)38(56)37(30(4)5)50-40(58)65-42(7,8)9)28-54-27-34(52-53-54)25-44(45(46,47)48,66(60,63-14-2)64-15-3)51-41(59)62-29-33-19-17-16-18-20-33/h16-24,27,30-31,36-37H,13-15,25-26,28-29H2,1-12H3,(H,49,57)(H,50,58)(H,51,59)/t31?,36-,37+,44?/m1/s1. The number of carbonyl (C=O) groups is 4. The van der Waals surface area contributed by atoms with Crippen molar-refractivity contribution in [2.45, 2.75) is 143 Å². The van der Waals surface area contributed by atoms with Gasteiger partial charge in [-0.25, -0.2) is 9.59 Å². The molecule has 0 spiro atoms. The minimum atomic E-state index is -5.45. The maximum Gasteiger partial charge on any atom is 0.423 e. The fourth-order valence-corrected chi connectivity index (χ4v) is 8.82. The Labute approximate surface area is 385 Å². The lowest BCUT2D eigenvalue weighted by atomic mass is 9.93. The number of rotatable bonds is 23. The molecule has 0 saturated carbocycles. The third kappa shape index (κ3) is 14.6. The molecule has 0 saturated heterocycles. The summed E-state index contributed by atoms with van der Waals surface area (Å²) >= 11 is 0. The van der Waals surface area contributed by atoms with Crippen LogP contribution in [0.15, 0.2) is 60.8 Å². The molecule has 0 fully saturated rings. The Morgan fingerprint density at radius 2 is 1.45 bits per heavy atom. The van der Waals surface area contributed by atoms with Crippen LogP contribution in [0.2, 0.25) is 0 Å². The maximum absolute atomic E-state index is 15.5. The van der Waals surface area contributed by atoms with Crippen LogP contribution in [-0.2, 0) is 58.8 Å². The number of halogens is 3. The summed E-state index contributed by atoms with van der Waals surface area (Å²) in [5.41, 5.74) is -1.63. The Hall–Kier alpha value is -5.20. The van der Waals surface area contributed by atoms with Crippen LogP contribution in [0.25, 0.3) is 0 Å². The van der Waals surface area contributed by atoms with Crippen molar-refractivity contribution >= 4 is 31.6 Å². The molecule has 0 aliphatic heterocycles. The molecule has 2 aromatic carbocycles. The van der Waals surface area contributed by atoms with Gasteiger partial charge in [0, 0.05) is 19.2 Å². The van der Waals surface area contributed by atoms with Crippen molar-refractivity contribution in [2.24, 2.45) is 11.8 Å². The highest BCUT2D eigenvalue weighted by Crippen LogP contribution is 2.65. The lowest BCUT2D eigenvalue weighted by molar-refractivity contribution is -0.175. The number of benzene rings is 2. The van der Waals surface area contributed by atoms with Crippen molar-refractivity contribution in [3.8, 4) is 5.75 Å². The molecular formula is C45H67F3N7O10P. The summed E-state index contributed by atoms with van der Waals surface area (Å²) in [4.78, 5) is 56.7. The first-order valence-electron chi connectivity index (χ1n) is 21.8. The van der Waals surface area contributed by atoms with Crippen LogP contribution >= 0.6 is 7.60 Å². The van der Waals surface area contributed by atoms with Crippen molar-refractivity contribution in [3.63, 3.8) is 0 Å². The average molecular weight is 954 g/mol. The third-order valence-electron chi connectivity index (χ3n) is 10.7. The molecule has 0 radical (unpaired) electrons. The van der Waals surface area contributed by atoms with Gasteiger partial charge in [0.25, 0.3) is 0 Å².